The molecule has 2 nitrogen and oxygen atoms in total. The van der Waals surface area contributed by atoms with Crippen molar-refractivity contribution in [2.45, 2.75) is 31.9 Å². The molecule has 2 rings (SSSR count). The number of benzene rings is 1. The highest BCUT2D eigenvalue weighted by atomic mass is 79.9. The molecule has 2 atom stereocenters. The molecule has 17 heavy (non-hydrogen) atoms. The molecular weight excluding hydrogens is 285 g/mol. The first kappa shape index (κ1) is 13.0. The van der Waals surface area contributed by atoms with E-state index >= 15 is 0 Å². The van der Waals surface area contributed by atoms with Crippen molar-refractivity contribution >= 4 is 15.9 Å². The van der Waals surface area contributed by atoms with Crippen LogP contribution in [0.4, 0.5) is 4.39 Å². The summed E-state index contributed by atoms with van der Waals surface area (Å²) in [6, 6.07) is 5.61. The van der Waals surface area contributed by atoms with Crippen LogP contribution >= 0.6 is 15.9 Å². The highest BCUT2D eigenvalue weighted by molar-refractivity contribution is 9.10. The van der Waals surface area contributed by atoms with Gasteiger partial charge < -0.3 is 10.1 Å². The van der Waals surface area contributed by atoms with Gasteiger partial charge in [-0.05, 0) is 25.0 Å². The van der Waals surface area contributed by atoms with Gasteiger partial charge in [0.25, 0.3) is 0 Å². The van der Waals surface area contributed by atoms with Gasteiger partial charge in [0, 0.05) is 29.2 Å². The molecule has 0 amide bonds. The predicted molar refractivity (Wildman–Crippen MR) is 69.5 cm³/mol. The molecule has 1 aromatic carbocycles. The molecule has 1 saturated heterocycles. The molecule has 0 bridgehead atoms. The lowest BCUT2D eigenvalue weighted by atomic mass is 10.1. The third-order valence-electron chi connectivity index (χ3n) is 3.18. The van der Waals surface area contributed by atoms with Crippen molar-refractivity contribution in [3.8, 4) is 0 Å². The van der Waals surface area contributed by atoms with Gasteiger partial charge in [-0.25, -0.2) is 4.39 Å². The van der Waals surface area contributed by atoms with Crippen LogP contribution in [-0.4, -0.2) is 19.2 Å². The Kier molecular flexibility index (Phi) is 4.54. The van der Waals surface area contributed by atoms with Crippen LogP contribution in [-0.2, 0) is 4.74 Å². The van der Waals surface area contributed by atoms with Crippen LogP contribution in [0.25, 0.3) is 0 Å². The molecule has 0 aliphatic carbocycles. The zero-order valence-corrected chi connectivity index (χ0v) is 11.5. The minimum absolute atomic E-state index is 0.181. The summed E-state index contributed by atoms with van der Waals surface area (Å²) in [5, 5.41) is 3.42. The molecule has 0 saturated carbocycles. The number of hydrogen-bond donors (Lipinski definition) is 1. The number of ether oxygens (including phenoxy) is 1. The summed E-state index contributed by atoms with van der Waals surface area (Å²) in [6.07, 6.45) is 1.89. The smallest absolute Gasteiger partial charge is 0.130 e. The molecule has 2 unspecified atom stereocenters. The van der Waals surface area contributed by atoms with Crippen LogP contribution in [0.15, 0.2) is 22.7 Å². The fourth-order valence-corrected chi connectivity index (χ4v) is 2.43. The molecule has 94 valence electrons. The van der Waals surface area contributed by atoms with Gasteiger partial charge in [0.05, 0.1) is 6.10 Å². The van der Waals surface area contributed by atoms with Crippen LogP contribution in [0, 0.1) is 5.82 Å². The van der Waals surface area contributed by atoms with Gasteiger partial charge >= 0.3 is 0 Å². The Morgan fingerprint density at radius 1 is 1.53 bits per heavy atom. The van der Waals surface area contributed by atoms with Crippen molar-refractivity contribution in [2.24, 2.45) is 0 Å². The van der Waals surface area contributed by atoms with Crippen molar-refractivity contribution in [1.82, 2.24) is 5.32 Å². The summed E-state index contributed by atoms with van der Waals surface area (Å²) in [4.78, 5) is 0. The summed E-state index contributed by atoms with van der Waals surface area (Å²) >= 11 is 3.26. The fraction of sp³-hybridized carbons (Fsp3) is 0.538. The normalized spacial score (nSPS) is 25.6. The maximum absolute atomic E-state index is 13.8. The van der Waals surface area contributed by atoms with E-state index in [0.717, 1.165) is 17.3 Å². The topological polar surface area (TPSA) is 21.3 Å². The predicted octanol–water partition coefficient (Wildman–Crippen LogP) is 3.42. The molecule has 1 aliphatic rings. The van der Waals surface area contributed by atoms with E-state index in [1.165, 1.54) is 6.07 Å². The average Bonchev–Trinajstić information content (AvgIpc) is 2.54. The van der Waals surface area contributed by atoms with E-state index in [1.807, 2.05) is 6.07 Å². The zero-order chi connectivity index (χ0) is 12.3. The van der Waals surface area contributed by atoms with Crippen molar-refractivity contribution in [2.75, 3.05) is 13.2 Å². The Morgan fingerprint density at radius 2 is 2.35 bits per heavy atom. The number of hydrogen-bond acceptors (Lipinski definition) is 2. The van der Waals surface area contributed by atoms with Crippen molar-refractivity contribution in [3.63, 3.8) is 0 Å². The zero-order valence-electron chi connectivity index (χ0n) is 9.88. The van der Waals surface area contributed by atoms with E-state index in [0.29, 0.717) is 24.8 Å². The SMILES string of the molecule is CCC1CCOC(c2ccc(Br)cc2F)CN1. The Hall–Kier alpha value is -0.450. The number of nitrogens with one attached hydrogen (secondary N) is 1. The molecular formula is C13H17BrFNO. The van der Waals surface area contributed by atoms with Crippen molar-refractivity contribution in [3.05, 3.63) is 34.1 Å². The summed E-state index contributed by atoms with van der Waals surface area (Å²) in [5.74, 6) is -0.207. The molecule has 0 radical (unpaired) electrons. The second kappa shape index (κ2) is 5.94. The fourth-order valence-electron chi connectivity index (χ4n) is 2.10. The van der Waals surface area contributed by atoms with Crippen LogP contribution in [0.5, 0.6) is 0 Å². The monoisotopic (exact) mass is 301 g/mol. The maximum atomic E-state index is 13.8. The standard InChI is InChI=1S/C13H17BrFNO/c1-2-10-5-6-17-13(8-16-10)11-4-3-9(14)7-12(11)15/h3-4,7,10,13,16H,2,5-6,8H2,1H3. The summed E-state index contributed by atoms with van der Waals surface area (Å²) < 4.78 is 20.3. The first-order valence-electron chi connectivity index (χ1n) is 6.00. The van der Waals surface area contributed by atoms with Crippen LogP contribution in [0.1, 0.15) is 31.4 Å². The van der Waals surface area contributed by atoms with Crippen LogP contribution in [0.3, 0.4) is 0 Å². The molecule has 1 heterocycles. The molecule has 0 spiro atoms. The average molecular weight is 302 g/mol. The quantitative estimate of drug-likeness (QED) is 0.904. The highest BCUT2D eigenvalue weighted by Gasteiger charge is 2.21. The summed E-state index contributed by atoms with van der Waals surface area (Å²) in [6.45, 7) is 3.51. The lowest BCUT2D eigenvalue weighted by molar-refractivity contribution is 0.0638. The lowest BCUT2D eigenvalue weighted by Gasteiger charge is -2.17. The van der Waals surface area contributed by atoms with Gasteiger partial charge in [-0.1, -0.05) is 28.9 Å². The number of rotatable bonds is 2. The molecule has 4 heteroatoms. The Balaban J connectivity index is 2.11. The van der Waals surface area contributed by atoms with E-state index in [-0.39, 0.29) is 11.9 Å². The van der Waals surface area contributed by atoms with Gasteiger partial charge in [-0.2, -0.15) is 0 Å². The minimum Gasteiger partial charge on any atom is -0.372 e. The van der Waals surface area contributed by atoms with Gasteiger partial charge in [-0.3, -0.25) is 0 Å². The first-order valence-corrected chi connectivity index (χ1v) is 6.80. The molecule has 1 aliphatic heterocycles. The molecule has 1 N–H and O–H groups in total. The van der Waals surface area contributed by atoms with E-state index in [4.69, 9.17) is 4.74 Å². The van der Waals surface area contributed by atoms with E-state index < -0.39 is 0 Å². The second-order valence-electron chi connectivity index (χ2n) is 4.33. The third kappa shape index (κ3) is 3.27. The minimum atomic E-state index is -0.207. The van der Waals surface area contributed by atoms with Gasteiger partial charge in [0.2, 0.25) is 0 Å². The lowest BCUT2D eigenvalue weighted by Crippen LogP contribution is -2.30. The van der Waals surface area contributed by atoms with Gasteiger partial charge in [0.15, 0.2) is 0 Å². The molecule has 0 aromatic heterocycles. The van der Waals surface area contributed by atoms with Crippen LogP contribution < -0.4 is 5.32 Å². The third-order valence-corrected chi connectivity index (χ3v) is 3.67. The van der Waals surface area contributed by atoms with Gasteiger partial charge in [-0.15, -0.1) is 0 Å². The Labute approximate surface area is 110 Å². The van der Waals surface area contributed by atoms with E-state index in [2.05, 4.69) is 28.2 Å². The second-order valence-corrected chi connectivity index (χ2v) is 5.24. The Bertz CT molecular complexity index is 386. The van der Waals surface area contributed by atoms with Crippen LogP contribution in [0.2, 0.25) is 0 Å². The number of halogens is 2. The Morgan fingerprint density at radius 3 is 3.06 bits per heavy atom. The summed E-state index contributed by atoms with van der Waals surface area (Å²) in [5.41, 5.74) is 0.637. The van der Waals surface area contributed by atoms with Gasteiger partial charge in [0.1, 0.15) is 5.82 Å². The maximum Gasteiger partial charge on any atom is 0.130 e. The largest absolute Gasteiger partial charge is 0.372 e. The first-order chi connectivity index (χ1) is 8.20. The highest BCUT2D eigenvalue weighted by Crippen LogP contribution is 2.25. The molecule has 1 aromatic rings. The molecule has 1 fully saturated rings. The summed E-state index contributed by atoms with van der Waals surface area (Å²) in [7, 11) is 0. The van der Waals surface area contributed by atoms with E-state index in [1.54, 1.807) is 6.07 Å². The van der Waals surface area contributed by atoms with Crippen molar-refractivity contribution < 1.29 is 9.13 Å². The van der Waals surface area contributed by atoms with Crippen molar-refractivity contribution in [1.29, 1.82) is 0 Å². The van der Waals surface area contributed by atoms with E-state index in [9.17, 15) is 4.39 Å².